The molecule has 106 valence electrons. The topological polar surface area (TPSA) is 12.0 Å². The number of hydrogen-bond acceptors (Lipinski definition) is 1. The van der Waals surface area contributed by atoms with Gasteiger partial charge in [0.1, 0.15) is 0 Å². The van der Waals surface area contributed by atoms with Crippen LogP contribution in [0.15, 0.2) is 0 Å². The molecule has 2 atom stereocenters. The van der Waals surface area contributed by atoms with E-state index in [0.717, 1.165) is 23.9 Å². The summed E-state index contributed by atoms with van der Waals surface area (Å²) in [6.07, 6.45) is 11.3. The molecule has 2 unspecified atom stereocenters. The van der Waals surface area contributed by atoms with E-state index in [0.29, 0.717) is 5.41 Å². The first kappa shape index (κ1) is 14.4. The van der Waals surface area contributed by atoms with Crippen LogP contribution in [0.5, 0.6) is 0 Å². The van der Waals surface area contributed by atoms with E-state index in [4.69, 9.17) is 0 Å². The van der Waals surface area contributed by atoms with E-state index in [1.165, 1.54) is 51.4 Å². The lowest BCUT2D eigenvalue weighted by Gasteiger charge is -2.39. The van der Waals surface area contributed by atoms with E-state index < -0.39 is 0 Å². The van der Waals surface area contributed by atoms with Crippen LogP contribution in [-0.4, -0.2) is 12.1 Å². The molecule has 2 saturated carbocycles. The van der Waals surface area contributed by atoms with Crippen LogP contribution in [0.4, 0.5) is 0 Å². The largest absolute Gasteiger partial charge is 0.311 e. The predicted molar refractivity (Wildman–Crippen MR) is 79.8 cm³/mol. The highest BCUT2D eigenvalue weighted by Crippen LogP contribution is 2.42. The quantitative estimate of drug-likeness (QED) is 0.717. The second-order valence-corrected chi connectivity index (χ2v) is 7.45. The Balaban J connectivity index is 1.68. The Morgan fingerprint density at radius 3 is 2.28 bits per heavy atom. The Morgan fingerprint density at radius 1 is 1.06 bits per heavy atom. The zero-order valence-corrected chi connectivity index (χ0v) is 13.0. The van der Waals surface area contributed by atoms with Crippen LogP contribution in [0.3, 0.4) is 0 Å². The molecular formula is C17H33N. The molecule has 0 amide bonds. The summed E-state index contributed by atoms with van der Waals surface area (Å²) in [5.41, 5.74) is 0.565. The van der Waals surface area contributed by atoms with E-state index in [1.807, 2.05) is 0 Å². The van der Waals surface area contributed by atoms with Gasteiger partial charge in [-0.15, -0.1) is 0 Å². The maximum Gasteiger partial charge on any atom is 0.0102 e. The average molecular weight is 251 g/mol. The third-order valence-electron chi connectivity index (χ3n) is 5.78. The zero-order valence-electron chi connectivity index (χ0n) is 13.0. The van der Waals surface area contributed by atoms with Gasteiger partial charge in [0, 0.05) is 12.1 Å². The smallest absolute Gasteiger partial charge is 0.0102 e. The van der Waals surface area contributed by atoms with Gasteiger partial charge >= 0.3 is 0 Å². The Kier molecular flexibility index (Phi) is 4.75. The summed E-state index contributed by atoms with van der Waals surface area (Å²) in [5.74, 6) is 1.98. The van der Waals surface area contributed by atoms with Gasteiger partial charge in [-0.3, -0.25) is 0 Å². The number of rotatable bonds is 6. The maximum absolute atomic E-state index is 3.92. The molecule has 0 radical (unpaired) electrons. The fraction of sp³-hybridized carbons (Fsp3) is 1.00. The first-order valence-electron chi connectivity index (χ1n) is 8.32. The average Bonchev–Trinajstić information content (AvgIpc) is 3.08. The molecule has 2 aliphatic carbocycles. The zero-order chi connectivity index (χ0) is 13.2. The third-order valence-corrected chi connectivity index (χ3v) is 5.78. The third kappa shape index (κ3) is 3.50. The summed E-state index contributed by atoms with van der Waals surface area (Å²) in [7, 11) is 0. The van der Waals surface area contributed by atoms with Crippen molar-refractivity contribution in [1.82, 2.24) is 5.32 Å². The standard InChI is InChI=1S/C17H33N/c1-5-7-13-12-16(13)18-15-10-8-14(9-11-15)17(3,4)6-2/h13-16,18H,5-12H2,1-4H3. The van der Waals surface area contributed by atoms with Gasteiger partial charge < -0.3 is 5.32 Å². The summed E-state index contributed by atoms with van der Waals surface area (Å²) >= 11 is 0. The molecule has 0 spiro atoms. The van der Waals surface area contributed by atoms with Gasteiger partial charge in [-0.1, -0.05) is 40.5 Å². The van der Waals surface area contributed by atoms with Gasteiger partial charge in [0.05, 0.1) is 0 Å². The van der Waals surface area contributed by atoms with Crippen molar-refractivity contribution in [2.24, 2.45) is 17.3 Å². The van der Waals surface area contributed by atoms with Crippen LogP contribution in [0, 0.1) is 17.3 Å². The predicted octanol–water partition coefficient (Wildman–Crippen LogP) is 4.76. The van der Waals surface area contributed by atoms with Crippen LogP contribution in [-0.2, 0) is 0 Å². The maximum atomic E-state index is 3.92. The van der Waals surface area contributed by atoms with Crippen LogP contribution < -0.4 is 5.32 Å². The van der Waals surface area contributed by atoms with E-state index >= 15 is 0 Å². The van der Waals surface area contributed by atoms with Crippen LogP contribution in [0.1, 0.15) is 79.1 Å². The summed E-state index contributed by atoms with van der Waals surface area (Å²) in [4.78, 5) is 0. The highest BCUT2D eigenvalue weighted by atomic mass is 15.0. The Hall–Kier alpha value is -0.0400. The first-order valence-corrected chi connectivity index (χ1v) is 8.32. The molecule has 2 fully saturated rings. The van der Waals surface area contributed by atoms with Crippen LogP contribution in [0.25, 0.3) is 0 Å². The minimum atomic E-state index is 0.565. The van der Waals surface area contributed by atoms with E-state index in [1.54, 1.807) is 0 Å². The van der Waals surface area contributed by atoms with Crippen molar-refractivity contribution in [2.45, 2.75) is 91.1 Å². The van der Waals surface area contributed by atoms with Gasteiger partial charge in [0.25, 0.3) is 0 Å². The SMILES string of the molecule is CCCC1CC1NC1CCC(C(C)(C)CC)CC1. The van der Waals surface area contributed by atoms with Crippen molar-refractivity contribution in [3.05, 3.63) is 0 Å². The van der Waals surface area contributed by atoms with Gasteiger partial charge in [-0.2, -0.15) is 0 Å². The summed E-state index contributed by atoms with van der Waals surface area (Å²) in [5, 5.41) is 3.92. The van der Waals surface area contributed by atoms with Crippen molar-refractivity contribution in [2.75, 3.05) is 0 Å². The van der Waals surface area contributed by atoms with Gasteiger partial charge in [0.15, 0.2) is 0 Å². The Labute approximate surface area is 114 Å². The summed E-state index contributed by atoms with van der Waals surface area (Å²) < 4.78 is 0. The van der Waals surface area contributed by atoms with E-state index in [2.05, 4.69) is 33.0 Å². The minimum absolute atomic E-state index is 0.565. The molecule has 1 nitrogen and oxygen atoms in total. The van der Waals surface area contributed by atoms with Crippen LogP contribution in [0.2, 0.25) is 0 Å². The van der Waals surface area contributed by atoms with Crippen molar-refractivity contribution in [3.63, 3.8) is 0 Å². The highest BCUT2D eigenvalue weighted by Gasteiger charge is 2.39. The van der Waals surface area contributed by atoms with Gasteiger partial charge in [-0.05, 0) is 55.8 Å². The molecule has 18 heavy (non-hydrogen) atoms. The normalized spacial score (nSPS) is 36.7. The van der Waals surface area contributed by atoms with E-state index in [-0.39, 0.29) is 0 Å². The fourth-order valence-electron chi connectivity index (χ4n) is 3.77. The monoisotopic (exact) mass is 251 g/mol. The van der Waals surface area contributed by atoms with Crippen molar-refractivity contribution in [3.8, 4) is 0 Å². The molecule has 2 rings (SSSR count). The molecule has 0 aliphatic heterocycles. The number of hydrogen-bond donors (Lipinski definition) is 1. The fourth-order valence-corrected chi connectivity index (χ4v) is 3.77. The first-order chi connectivity index (χ1) is 8.56. The molecule has 0 aromatic rings. The van der Waals surface area contributed by atoms with Crippen molar-refractivity contribution < 1.29 is 0 Å². The van der Waals surface area contributed by atoms with Gasteiger partial charge in [0.2, 0.25) is 0 Å². The Morgan fingerprint density at radius 2 is 1.72 bits per heavy atom. The molecule has 0 aromatic carbocycles. The minimum Gasteiger partial charge on any atom is -0.311 e. The second-order valence-electron chi connectivity index (χ2n) is 7.45. The highest BCUT2D eigenvalue weighted by molar-refractivity contribution is 4.96. The number of nitrogens with one attached hydrogen (secondary N) is 1. The molecule has 1 N–H and O–H groups in total. The van der Waals surface area contributed by atoms with Crippen molar-refractivity contribution in [1.29, 1.82) is 0 Å². The molecule has 2 aliphatic rings. The van der Waals surface area contributed by atoms with Crippen molar-refractivity contribution >= 4 is 0 Å². The lowest BCUT2D eigenvalue weighted by molar-refractivity contribution is 0.136. The molecule has 0 bridgehead atoms. The second kappa shape index (κ2) is 5.94. The lowest BCUT2D eigenvalue weighted by atomic mass is 9.69. The molecule has 1 heteroatoms. The molecule has 0 heterocycles. The van der Waals surface area contributed by atoms with Gasteiger partial charge in [-0.25, -0.2) is 0 Å². The molecular weight excluding hydrogens is 218 g/mol. The Bertz CT molecular complexity index is 250. The summed E-state index contributed by atoms with van der Waals surface area (Å²) in [6, 6.07) is 1.71. The molecule has 0 aromatic heterocycles. The van der Waals surface area contributed by atoms with E-state index in [9.17, 15) is 0 Å². The molecule has 0 saturated heterocycles. The van der Waals surface area contributed by atoms with Crippen LogP contribution >= 0.6 is 0 Å². The summed E-state index contributed by atoms with van der Waals surface area (Å²) in [6.45, 7) is 9.59. The lowest BCUT2D eigenvalue weighted by Crippen LogP contribution is -2.38.